The molecule has 2 heteroatoms. The van der Waals surface area contributed by atoms with Gasteiger partial charge in [-0.1, -0.05) is 32.8 Å². The molecule has 0 radical (unpaired) electrons. The quantitative estimate of drug-likeness (QED) is 0.680. The van der Waals surface area contributed by atoms with E-state index in [9.17, 15) is 4.79 Å². The Morgan fingerprint density at radius 1 is 1.47 bits per heavy atom. The summed E-state index contributed by atoms with van der Waals surface area (Å²) >= 11 is 0. The van der Waals surface area contributed by atoms with Crippen molar-refractivity contribution in [1.82, 2.24) is 0 Å². The van der Waals surface area contributed by atoms with Crippen molar-refractivity contribution in [3.63, 3.8) is 0 Å². The molecule has 0 amide bonds. The number of hydrogen-bond acceptors (Lipinski definition) is 2. The van der Waals surface area contributed by atoms with Crippen LogP contribution in [0.5, 0.6) is 0 Å². The maximum Gasteiger partial charge on any atom is 0.195 e. The first-order chi connectivity index (χ1) is 7.82. The van der Waals surface area contributed by atoms with Crippen LogP contribution in [0.15, 0.2) is 23.8 Å². The molecule has 1 unspecified atom stereocenters. The van der Waals surface area contributed by atoms with E-state index < -0.39 is 5.41 Å². The molecule has 1 aliphatic rings. The Hall–Kier alpha value is -1.80. The molecule has 0 fully saturated rings. The van der Waals surface area contributed by atoms with Gasteiger partial charge in [-0.05, 0) is 30.4 Å². The van der Waals surface area contributed by atoms with E-state index in [0.717, 1.165) is 12.8 Å². The fraction of sp³-hybridized carbons (Fsp3) is 0.467. The van der Waals surface area contributed by atoms with Gasteiger partial charge in [0.25, 0.3) is 0 Å². The van der Waals surface area contributed by atoms with Crippen LogP contribution in [0.25, 0.3) is 0 Å². The zero-order valence-electron chi connectivity index (χ0n) is 10.6. The first-order valence-corrected chi connectivity index (χ1v) is 5.66. The van der Waals surface area contributed by atoms with Gasteiger partial charge in [0, 0.05) is 0 Å². The Morgan fingerprint density at radius 2 is 2.12 bits per heavy atom. The van der Waals surface area contributed by atoms with Crippen LogP contribution >= 0.6 is 0 Å². The Balaban J connectivity index is 2.96. The van der Waals surface area contributed by atoms with Crippen LogP contribution in [0.1, 0.15) is 33.6 Å². The molecule has 1 rings (SSSR count). The molecule has 0 saturated carbocycles. The maximum atomic E-state index is 11.4. The lowest BCUT2D eigenvalue weighted by Gasteiger charge is -2.28. The van der Waals surface area contributed by atoms with Crippen molar-refractivity contribution in [2.75, 3.05) is 0 Å². The van der Waals surface area contributed by atoms with Crippen molar-refractivity contribution in [3.05, 3.63) is 23.8 Å². The third-order valence-corrected chi connectivity index (χ3v) is 2.88. The summed E-state index contributed by atoms with van der Waals surface area (Å²) < 4.78 is 0. The van der Waals surface area contributed by atoms with Gasteiger partial charge < -0.3 is 0 Å². The van der Waals surface area contributed by atoms with Crippen LogP contribution in [-0.2, 0) is 4.79 Å². The molecule has 1 aliphatic carbocycles. The number of carbonyl (C=O) groups is 1. The second-order valence-corrected chi connectivity index (χ2v) is 5.61. The zero-order chi connectivity index (χ0) is 13.1. The highest BCUT2D eigenvalue weighted by Gasteiger charge is 2.29. The van der Waals surface area contributed by atoms with Gasteiger partial charge in [-0.25, -0.2) is 0 Å². The zero-order valence-corrected chi connectivity index (χ0v) is 10.6. The molecule has 2 nitrogen and oxygen atoms in total. The van der Waals surface area contributed by atoms with Crippen molar-refractivity contribution in [2.45, 2.75) is 33.6 Å². The lowest BCUT2D eigenvalue weighted by Crippen LogP contribution is -2.21. The summed E-state index contributed by atoms with van der Waals surface area (Å²) in [6.07, 6.45) is 12.0. The van der Waals surface area contributed by atoms with E-state index >= 15 is 0 Å². The van der Waals surface area contributed by atoms with Crippen molar-refractivity contribution in [1.29, 1.82) is 5.26 Å². The average Bonchev–Trinajstić information content (AvgIpc) is 2.27. The monoisotopic (exact) mass is 227 g/mol. The minimum atomic E-state index is -0.577. The highest BCUT2D eigenvalue weighted by molar-refractivity contribution is 6.08. The summed E-state index contributed by atoms with van der Waals surface area (Å²) in [6, 6.07) is 1.90. The first-order valence-electron chi connectivity index (χ1n) is 5.66. The van der Waals surface area contributed by atoms with E-state index in [-0.39, 0.29) is 16.8 Å². The number of nitrogens with zero attached hydrogens (tertiary/aromatic N) is 1. The van der Waals surface area contributed by atoms with Crippen LogP contribution in [0.3, 0.4) is 0 Å². The van der Waals surface area contributed by atoms with E-state index in [0.29, 0.717) is 0 Å². The largest absolute Gasteiger partial charge is 0.289 e. The van der Waals surface area contributed by atoms with Gasteiger partial charge in [0.2, 0.25) is 0 Å². The standard InChI is InChI=1S/C15H17NO/c1-5-15(9-8-14(2,3)4)7-6-13(17)12(10-15)11-16/h1,6-7,10H,8-9H2,2-4H3. The van der Waals surface area contributed by atoms with Crippen LogP contribution in [0, 0.1) is 34.5 Å². The summed E-state index contributed by atoms with van der Waals surface area (Å²) in [5.74, 6) is 2.45. The number of hydrogen-bond donors (Lipinski definition) is 0. The summed E-state index contributed by atoms with van der Waals surface area (Å²) in [5.41, 5.74) is -0.245. The van der Waals surface area contributed by atoms with E-state index in [1.54, 1.807) is 12.2 Å². The van der Waals surface area contributed by atoms with Crippen LogP contribution in [-0.4, -0.2) is 5.78 Å². The fourth-order valence-corrected chi connectivity index (χ4v) is 1.68. The van der Waals surface area contributed by atoms with Gasteiger partial charge in [-0.2, -0.15) is 5.26 Å². The second kappa shape index (κ2) is 4.60. The molecule has 0 aliphatic heterocycles. The molecular formula is C15H17NO. The first kappa shape index (κ1) is 13.3. The molecule has 0 heterocycles. The Morgan fingerprint density at radius 3 is 2.59 bits per heavy atom. The maximum absolute atomic E-state index is 11.4. The minimum absolute atomic E-state index is 0.152. The Bertz CT molecular complexity index is 463. The third kappa shape index (κ3) is 3.33. The van der Waals surface area contributed by atoms with Gasteiger partial charge in [0.15, 0.2) is 5.78 Å². The van der Waals surface area contributed by atoms with Gasteiger partial charge in [0.05, 0.1) is 11.0 Å². The third-order valence-electron chi connectivity index (χ3n) is 2.88. The molecule has 88 valence electrons. The van der Waals surface area contributed by atoms with E-state index in [4.69, 9.17) is 11.7 Å². The van der Waals surface area contributed by atoms with Gasteiger partial charge in [-0.15, -0.1) is 6.42 Å². The smallest absolute Gasteiger partial charge is 0.195 e. The van der Waals surface area contributed by atoms with E-state index in [1.807, 2.05) is 6.07 Å². The highest BCUT2D eigenvalue weighted by Crippen LogP contribution is 2.35. The molecule has 17 heavy (non-hydrogen) atoms. The molecular weight excluding hydrogens is 210 g/mol. The topological polar surface area (TPSA) is 40.9 Å². The summed E-state index contributed by atoms with van der Waals surface area (Å²) in [4.78, 5) is 11.4. The van der Waals surface area contributed by atoms with Gasteiger partial charge >= 0.3 is 0 Å². The van der Waals surface area contributed by atoms with Crippen molar-refractivity contribution < 1.29 is 4.79 Å². The minimum Gasteiger partial charge on any atom is -0.289 e. The second-order valence-electron chi connectivity index (χ2n) is 5.61. The predicted molar refractivity (Wildman–Crippen MR) is 67.8 cm³/mol. The summed E-state index contributed by atoms with van der Waals surface area (Å²) in [5, 5.41) is 8.88. The number of allylic oxidation sites excluding steroid dienone is 4. The van der Waals surface area contributed by atoms with Crippen molar-refractivity contribution in [3.8, 4) is 18.4 Å². The molecule has 0 spiro atoms. The SMILES string of the molecule is C#CC1(CCC(C)(C)C)C=CC(=O)C(C#N)=C1. The summed E-state index contributed by atoms with van der Waals surface area (Å²) in [6.45, 7) is 6.43. The van der Waals surface area contributed by atoms with Crippen LogP contribution in [0.2, 0.25) is 0 Å². The lowest BCUT2D eigenvalue weighted by atomic mass is 9.74. The Kier molecular flexibility index (Phi) is 3.59. The normalized spacial score (nSPS) is 23.8. The molecule has 0 aromatic rings. The number of carbonyl (C=O) groups excluding carboxylic acids is 1. The molecule has 0 saturated heterocycles. The van der Waals surface area contributed by atoms with Crippen LogP contribution in [0.4, 0.5) is 0 Å². The number of terminal acetylenes is 1. The summed E-state index contributed by atoms with van der Waals surface area (Å²) in [7, 11) is 0. The highest BCUT2D eigenvalue weighted by atomic mass is 16.1. The lowest BCUT2D eigenvalue weighted by molar-refractivity contribution is -0.111. The Labute approximate surface area is 103 Å². The van der Waals surface area contributed by atoms with E-state index in [1.165, 1.54) is 6.08 Å². The average molecular weight is 227 g/mol. The van der Waals surface area contributed by atoms with Crippen molar-refractivity contribution >= 4 is 5.78 Å². The molecule has 0 aromatic heterocycles. The number of nitriles is 1. The predicted octanol–water partition coefficient (Wildman–Crippen LogP) is 3.02. The van der Waals surface area contributed by atoms with Gasteiger partial charge in [0.1, 0.15) is 6.07 Å². The number of rotatable bonds is 2. The molecule has 0 aromatic carbocycles. The van der Waals surface area contributed by atoms with Crippen molar-refractivity contribution in [2.24, 2.45) is 10.8 Å². The molecule has 0 N–H and O–H groups in total. The number of ketones is 1. The molecule has 1 atom stereocenters. The van der Waals surface area contributed by atoms with E-state index in [2.05, 4.69) is 26.7 Å². The fourth-order valence-electron chi connectivity index (χ4n) is 1.68. The van der Waals surface area contributed by atoms with Crippen LogP contribution < -0.4 is 0 Å². The van der Waals surface area contributed by atoms with Gasteiger partial charge in [-0.3, -0.25) is 4.79 Å². The molecule has 0 bridgehead atoms.